The van der Waals surface area contributed by atoms with Crippen LogP contribution in [-0.4, -0.2) is 9.13 Å². The molecule has 0 N–H and O–H groups in total. The number of hydrogen-bond acceptors (Lipinski definition) is 0. The Balaban J connectivity index is 1.07. The highest BCUT2D eigenvalue weighted by atomic mass is 15.0. The van der Waals surface area contributed by atoms with Gasteiger partial charge in [-0.25, -0.2) is 0 Å². The van der Waals surface area contributed by atoms with Gasteiger partial charge in [-0.2, -0.15) is 0 Å². The molecule has 3 aliphatic carbocycles. The summed E-state index contributed by atoms with van der Waals surface area (Å²) in [7, 11) is 0. The van der Waals surface area contributed by atoms with Crippen LogP contribution in [0.3, 0.4) is 0 Å². The fraction of sp³-hybridized carbons (Fsp3) is 0.0959. The third-order valence-electron chi connectivity index (χ3n) is 17.0. The molecule has 0 saturated heterocycles. The highest BCUT2D eigenvalue weighted by molar-refractivity contribution is 6.22. The lowest BCUT2D eigenvalue weighted by molar-refractivity contribution is 0.550. The first-order chi connectivity index (χ1) is 37.2. The number of hydrogen-bond donors (Lipinski definition) is 0. The van der Waals surface area contributed by atoms with Crippen molar-refractivity contribution in [3.05, 3.63) is 272 Å². The molecule has 3 aliphatic rings. The minimum atomic E-state index is 0.0276. The third kappa shape index (κ3) is 7.00. The number of benzene rings is 10. The molecule has 1 saturated carbocycles. The Bertz CT molecular complexity index is 4210. The Kier molecular flexibility index (Phi) is 10.2. The van der Waals surface area contributed by atoms with Gasteiger partial charge in [0.1, 0.15) is 0 Å². The molecule has 12 aromatic rings. The second-order valence-corrected chi connectivity index (χ2v) is 21.0. The molecular formula is C73H54N2. The molecule has 0 atom stereocenters. The molecule has 2 aromatic heterocycles. The Morgan fingerprint density at radius 3 is 1.45 bits per heavy atom. The number of rotatable bonds is 8. The van der Waals surface area contributed by atoms with Gasteiger partial charge in [-0.1, -0.05) is 207 Å². The van der Waals surface area contributed by atoms with Crippen LogP contribution in [0.25, 0.3) is 116 Å². The van der Waals surface area contributed by atoms with Crippen molar-refractivity contribution in [1.29, 1.82) is 0 Å². The summed E-state index contributed by atoms with van der Waals surface area (Å²) in [6.07, 6.45) is 13.7. The van der Waals surface area contributed by atoms with Gasteiger partial charge in [-0.3, -0.25) is 0 Å². The van der Waals surface area contributed by atoms with Gasteiger partial charge in [0.25, 0.3) is 0 Å². The molecule has 10 aromatic carbocycles. The summed E-state index contributed by atoms with van der Waals surface area (Å²) in [6, 6.07) is 89.3. The Morgan fingerprint density at radius 1 is 0.347 bits per heavy atom. The summed E-state index contributed by atoms with van der Waals surface area (Å²) in [6.45, 7) is 0. The van der Waals surface area contributed by atoms with E-state index >= 15 is 0 Å². The van der Waals surface area contributed by atoms with Crippen LogP contribution in [0.1, 0.15) is 55.3 Å². The smallest absolute Gasteiger partial charge is 0.0535 e. The van der Waals surface area contributed by atoms with Crippen LogP contribution in [0.2, 0.25) is 0 Å². The number of fused-ring (bicyclic) bond motifs is 8. The Labute approximate surface area is 438 Å². The van der Waals surface area contributed by atoms with Gasteiger partial charge in [0.05, 0.1) is 17.1 Å². The molecule has 0 unspecified atom stereocenters. The predicted molar refractivity (Wildman–Crippen MR) is 316 cm³/mol. The van der Waals surface area contributed by atoms with Gasteiger partial charge < -0.3 is 9.13 Å². The fourth-order valence-electron chi connectivity index (χ4n) is 13.6. The highest BCUT2D eigenvalue weighted by Crippen LogP contribution is 2.58. The van der Waals surface area contributed by atoms with Crippen molar-refractivity contribution < 1.29 is 0 Å². The third-order valence-corrected chi connectivity index (χ3v) is 17.0. The van der Waals surface area contributed by atoms with E-state index in [0.29, 0.717) is 0 Å². The van der Waals surface area contributed by atoms with Crippen molar-refractivity contribution >= 4 is 37.9 Å². The zero-order chi connectivity index (χ0) is 49.5. The van der Waals surface area contributed by atoms with E-state index in [9.17, 15) is 0 Å². The standard InChI is InChI=1S/C73H54N2/c1-5-20-50(21-6-1)67-39-40-68(51-22-7-2-8-23-51)74(67)57-35-38-62-63(47-57)71(55-32-31-49-19-13-14-28-54(49)45-55)61-37-34-58(75-69(52-24-9-3-10-25-52)41-42-70(75)53-26-11-4-12-27-53)48-64(61)72(62)56-33-36-60-59-29-15-16-30-65(59)73(66(60)46-56)43-17-18-44-73/h1-11,13-16,19-26,28-42,45-48H,12,17-18,27,43-44H2. The quantitative estimate of drug-likeness (QED) is 0.134. The topological polar surface area (TPSA) is 9.86 Å². The van der Waals surface area contributed by atoms with E-state index in [4.69, 9.17) is 0 Å². The van der Waals surface area contributed by atoms with E-state index in [1.54, 1.807) is 0 Å². The van der Waals surface area contributed by atoms with Gasteiger partial charge in [-0.05, 0) is 185 Å². The maximum atomic E-state index is 2.62. The number of nitrogens with zero attached hydrogens (tertiary/aromatic N) is 2. The molecule has 1 spiro atoms. The largest absolute Gasteiger partial charge is 0.310 e. The summed E-state index contributed by atoms with van der Waals surface area (Å²) < 4.78 is 5.01. The average Bonchev–Trinajstić information content (AvgIpc) is 4.37. The van der Waals surface area contributed by atoms with Crippen molar-refractivity contribution in [2.24, 2.45) is 0 Å². The molecule has 356 valence electrons. The summed E-state index contributed by atoms with van der Waals surface area (Å²) in [4.78, 5) is 0. The van der Waals surface area contributed by atoms with E-state index in [2.05, 4.69) is 264 Å². The Morgan fingerprint density at radius 2 is 0.853 bits per heavy atom. The fourth-order valence-corrected chi connectivity index (χ4v) is 13.6. The molecule has 0 aliphatic heterocycles. The maximum absolute atomic E-state index is 2.62. The first kappa shape index (κ1) is 43.6. The number of allylic oxidation sites excluding steroid dienone is 4. The molecule has 0 bridgehead atoms. The van der Waals surface area contributed by atoms with E-state index in [1.807, 2.05) is 0 Å². The lowest BCUT2D eigenvalue weighted by Crippen LogP contribution is -2.20. The SMILES string of the molecule is C1=CCCC(c2ccc(-c3ccccc3)n2-c2ccc3c(-c4ccc5ccccc5c4)c4cc(-n5c(-c6ccccc6)ccc5-c5ccccc5)ccc4c(-c4ccc5c(c4)C4(CCCC4)c4ccccc4-5)c3c2)=C1. The van der Waals surface area contributed by atoms with Gasteiger partial charge in [0.15, 0.2) is 0 Å². The number of aromatic nitrogens is 2. The van der Waals surface area contributed by atoms with Gasteiger partial charge in [0.2, 0.25) is 0 Å². The van der Waals surface area contributed by atoms with Crippen molar-refractivity contribution in [2.75, 3.05) is 0 Å². The van der Waals surface area contributed by atoms with Crippen LogP contribution in [0.5, 0.6) is 0 Å². The first-order valence-electron chi connectivity index (χ1n) is 26.9. The highest BCUT2D eigenvalue weighted by Gasteiger charge is 2.45. The summed E-state index contributed by atoms with van der Waals surface area (Å²) in [5.41, 5.74) is 22.8. The lowest BCUT2D eigenvalue weighted by atomic mass is 9.76. The van der Waals surface area contributed by atoms with Crippen LogP contribution < -0.4 is 0 Å². The normalized spacial score (nSPS) is 14.5. The average molecular weight is 959 g/mol. The summed E-state index contributed by atoms with van der Waals surface area (Å²) in [5.74, 6) is 0. The molecule has 2 heteroatoms. The van der Waals surface area contributed by atoms with Crippen LogP contribution >= 0.6 is 0 Å². The molecule has 2 nitrogen and oxygen atoms in total. The second-order valence-electron chi connectivity index (χ2n) is 21.0. The van der Waals surface area contributed by atoms with Gasteiger partial charge in [0, 0.05) is 22.5 Å². The maximum Gasteiger partial charge on any atom is 0.0535 e. The lowest BCUT2D eigenvalue weighted by Gasteiger charge is -2.27. The monoisotopic (exact) mass is 958 g/mol. The van der Waals surface area contributed by atoms with E-state index in [1.165, 1.54) is 136 Å². The van der Waals surface area contributed by atoms with Crippen molar-refractivity contribution in [1.82, 2.24) is 9.13 Å². The van der Waals surface area contributed by atoms with Crippen LogP contribution in [0.15, 0.2) is 255 Å². The summed E-state index contributed by atoms with van der Waals surface area (Å²) >= 11 is 0. The predicted octanol–water partition coefficient (Wildman–Crippen LogP) is 19.6. The zero-order valence-electron chi connectivity index (χ0n) is 41.9. The van der Waals surface area contributed by atoms with Crippen molar-refractivity contribution in [3.63, 3.8) is 0 Å². The molecule has 0 radical (unpaired) electrons. The van der Waals surface area contributed by atoms with Crippen LogP contribution in [0, 0.1) is 0 Å². The molecular weight excluding hydrogens is 905 g/mol. The van der Waals surface area contributed by atoms with E-state index in [-0.39, 0.29) is 5.41 Å². The molecule has 15 rings (SSSR count). The van der Waals surface area contributed by atoms with Gasteiger partial charge >= 0.3 is 0 Å². The Hall–Kier alpha value is -8.98. The van der Waals surface area contributed by atoms with Crippen LogP contribution in [0.4, 0.5) is 0 Å². The minimum Gasteiger partial charge on any atom is -0.310 e. The van der Waals surface area contributed by atoms with E-state index in [0.717, 1.165) is 35.6 Å². The molecule has 75 heavy (non-hydrogen) atoms. The van der Waals surface area contributed by atoms with Crippen LogP contribution in [-0.2, 0) is 5.41 Å². The summed E-state index contributed by atoms with van der Waals surface area (Å²) in [5, 5.41) is 7.43. The molecule has 1 fully saturated rings. The molecule has 2 heterocycles. The van der Waals surface area contributed by atoms with Gasteiger partial charge in [-0.15, -0.1) is 0 Å². The minimum absolute atomic E-state index is 0.0276. The van der Waals surface area contributed by atoms with E-state index < -0.39 is 0 Å². The zero-order valence-corrected chi connectivity index (χ0v) is 41.9. The molecule has 0 amide bonds. The first-order valence-corrected chi connectivity index (χ1v) is 26.9. The van der Waals surface area contributed by atoms with Crippen molar-refractivity contribution in [3.8, 4) is 78.5 Å². The van der Waals surface area contributed by atoms with Crippen molar-refractivity contribution in [2.45, 2.75) is 43.9 Å². The second kappa shape index (κ2) is 17.6.